The van der Waals surface area contributed by atoms with Crippen molar-refractivity contribution in [3.8, 4) is 0 Å². The van der Waals surface area contributed by atoms with Crippen molar-refractivity contribution in [2.45, 2.75) is 93.4 Å². The molecule has 0 heterocycles. The van der Waals surface area contributed by atoms with Gasteiger partial charge in [-0.3, -0.25) is 9.59 Å². The second-order valence-corrected chi connectivity index (χ2v) is 13.8. The molecule has 0 spiro atoms. The lowest BCUT2D eigenvalue weighted by molar-refractivity contribution is -0.178. The van der Waals surface area contributed by atoms with Gasteiger partial charge in [0.2, 0.25) is 5.78 Å². The largest absolute Gasteiger partial charge is 0.481 e. The Morgan fingerprint density at radius 1 is 1.03 bits per heavy atom. The first-order valence-corrected chi connectivity index (χ1v) is 14.3. The van der Waals surface area contributed by atoms with Crippen LogP contribution in [0, 0.1) is 33.0 Å². The Hall–Kier alpha value is -2.63. The van der Waals surface area contributed by atoms with Crippen LogP contribution in [0.4, 0.5) is 4.79 Å². The number of hydrogen-bond acceptors (Lipinski definition) is 4. The number of alkyl carbamates (subject to hydrolysis) is 1. The molecule has 6 nitrogen and oxygen atoms in total. The molecule has 5 rings (SSSR count). The number of aliphatic carboxylic acids is 1. The molecule has 1 amide bonds. The zero-order valence-corrected chi connectivity index (χ0v) is 24.0. The number of ether oxygens (including phenoxy) is 1. The summed E-state index contributed by atoms with van der Waals surface area (Å²) in [6, 6.07) is 0. The molecule has 2 N–H and O–H groups in total. The highest BCUT2D eigenvalue weighted by molar-refractivity contribution is 6.08. The maximum Gasteiger partial charge on any atom is 0.412 e. The van der Waals surface area contributed by atoms with Gasteiger partial charge in [-0.05, 0) is 105 Å². The summed E-state index contributed by atoms with van der Waals surface area (Å²) in [6.07, 6.45) is 11.9. The van der Waals surface area contributed by atoms with Gasteiger partial charge in [0, 0.05) is 17.5 Å². The van der Waals surface area contributed by atoms with Crippen LogP contribution in [-0.2, 0) is 14.3 Å². The molecule has 0 saturated heterocycles. The third-order valence-electron chi connectivity index (χ3n) is 11.9. The number of carbonyl (C=O) groups excluding carboxylic acids is 2. The lowest BCUT2D eigenvalue weighted by atomic mass is 9.34. The van der Waals surface area contributed by atoms with Gasteiger partial charge in [0.15, 0.2) is 5.76 Å². The van der Waals surface area contributed by atoms with Gasteiger partial charge in [-0.2, -0.15) is 0 Å². The molecule has 0 radical (unpaired) electrons. The Kier molecular flexibility index (Phi) is 5.98. The van der Waals surface area contributed by atoms with E-state index in [-0.39, 0.29) is 33.2 Å². The predicted octanol–water partition coefficient (Wildman–Crippen LogP) is 6.89. The number of nitrogens with one attached hydrogen (secondary N) is 1. The van der Waals surface area contributed by atoms with E-state index in [1.807, 2.05) is 13.8 Å². The van der Waals surface area contributed by atoms with Gasteiger partial charge in [-0.1, -0.05) is 45.4 Å². The number of ketones is 1. The normalized spacial score (nSPS) is 41.9. The second-order valence-electron chi connectivity index (χ2n) is 13.8. The smallest absolute Gasteiger partial charge is 0.412 e. The third-order valence-corrected chi connectivity index (χ3v) is 11.9. The average Bonchev–Trinajstić information content (AvgIpc) is 2.85. The van der Waals surface area contributed by atoms with E-state index in [1.165, 1.54) is 5.57 Å². The van der Waals surface area contributed by atoms with Crippen LogP contribution < -0.4 is 5.32 Å². The van der Waals surface area contributed by atoms with Gasteiger partial charge < -0.3 is 15.2 Å². The summed E-state index contributed by atoms with van der Waals surface area (Å²) in [7, 11) is 0. The number of carboxylic acid groups (broad SMARTS) is 1. The van der Waals surface area contributed by atoms with Gasteiger partial charge in [-0.25, -0.2) is 4.79 Å². The zero-order chi connectivity index (χ0) is 27.9. The highest BCUT2D eigenvalue weighted by atomic mass is 16.6. The molecule has 5 aliphatic rings. The highest BCUT2D eigenvalue weighted by Gasteiger charge is 2.67. The van der Waals surface area contributed by atoms with Crippen LogP contribution in [0.15, 0.2) is 46.3 Å². The Morgan fingerprint density at radius 3 is 2.37 bits per heavy atom. The van der Waals surface area contributed by atoms with Crippen LogP contribution in [0.3, 0.4) is 0 Å². The SMILES string of the molecule is CCNC(=O)OC1=C(C)C2=CC=C3[C@@](C)(CC[C@@]4(C)[C@@H]5C[C@](C)(C(=O)O)CC[C@]5(C)CC[C@]34C)C2=CC1=O. The molecule has 38 heavy (non-hydrogen) atoms. The van der Waals surface area contributed by atoms with Crippen molar-refractivity contribution in [2.24, 2.45) is 33.0 Å². The third kappa shape index (κ3) is 3.47. The lowest BCUT2D eigenvalue weighted by Gasteiger charge is -2.70. The first-order chi connectivity index (χ1) is 17.7. The van der Waals surface area contributed by atoms with E-state index in [2.05, 4.69) is 45.2 Å². The van der Waals surface area contributed by atoms with E-state index in [4.69, 9.17) is 4.74 Å². The molecule has 0 aromatic rings. The summed E-state index contributed by atoms with van der Waals surface area (Å²) in [5, 5.41) is 12.7. The minimum Gasteiger partial charge on any atom is -0.481 e. The van der Waals surface area contributed by atoms with Crippen LogP contribution in [0.1, 0.15) is 93.4 Å². The predicted molar refractivity (Wildman–Crippen MR) is 146 cm³/mol. The fraction of sp³-hybridized carbons (Fsp3) is 0.656. The van der Waals surface area contributed by atoms with Crippen LogP contribution in [0.25, 0.3) is 0 Å². The molecular weight excluding hydrogens is 478 g/mol. The highest BCUT2D eigenvalue weighted by Crippen LogP contribution is 2.75. The van der Waals surface area contributed by atoms with Crippen molar-refractivity contribution in [1.82, 2.24) is 5.32 Å². The van der Waals surface area contributed by atoms with Gasteiger partial charge in [0.05, 0.1) is 5.41 Å². The minimum absolute atomic E-state index is 0.0373. The summed E-state index contributed by atoms with van der Waals surface area (Å²) in [4.78, 5) is 37.7. The van der Waals surface area contributed by atoms with Gasteiger partial charge in [-0.15, -0.1) is 0 Å². The standard InChI is InChI=1S/C32H43NO5/c1-8-33-27(37)38-25-19(2)20-9-10-23-30(5,21(20)17-22(25)34)14-16-32(7)24-18-29(4,26(35)36)12-11-28(24,3)13-15-31(23,32)6/h9-10,17,24H,8,11-16,18H2,1-7H3,(H,33,37)(H,35,36)/t24-,28-,29-,30+,31-,32+/m1/s1. The van der Waals surface area contributed by atoms with Crippen molar-refractivity contribution in [2.75, 3.05) is 6.54 Å². The first-order valence-electron chi connectivity index (χ1n) is 14.3. The lowest BCUT2D eigenvalue weighted by Crippen LogP contribution is -2.62. The van der Waals surface area contributed by atoms with E-state index in [9.17, 15) is 19.5 Å². The first kappa shape index (κ1) is 27.0. The maximum absolute atomic E-state index is 13.3. The van der Waals surface area contributed by atoms with E-state index >= 15 is 0 Å². The van der Waals surface area contributed by atoms with Crippen molar-refractivity contribution < 1.29 is 24.2 Å². The Balaban J connectivity index is 1.58. The molecule has 5 aliphatic carbocycles. The Labute approximate surface area is 226 Å². The summed E-state index contributed by atoms with van der Waals surface area (Å²) in [5.41, 5.74) is 3.09. The number of carboxylic acids is 1. The Morgan fingerprint density at radius 2 is 1.71 bits per heavy atom. The number of rotatable bonds is 3. The van der Waals surface area contributed by atoms with Gasteiger partial charge >= 0.3 is 12.1 Å². The summed E-state index contributed by atoms with van der Waals surface area (Å²) >= 11 is 0. The molecule has 0 aromatic heterocycles. The van der Waals surface area contributed by atoms with Crippen molar-refractivity contribution in [3.05, 3.63) is 46.3 Å². The van der Waals surface area contributed by atoms with Crippen molar-refractivity contribution in [3.63, 3.8) is 0 Å². The molecule has 0 bridgehead atoms. The molecule has 0 aliphatic heterocycles. The van der Waals surface area contributed by atoms with Crippen LogP contribution in [0.5, 0.6) is 0 Å². The second kappa shape index (κ2) is 8.43. The summed E-state index contributed by atoms with van der Waals surface area (Å²) in [6.45, 7) is 15.5. The molecule has 206 valence electrons. The fourth-order valence-corrected chi connectivity index (χ4v) is 9.04. The van der Waals surface area contributed by atoms with E-state index < -0.39 is 17.5 Å². The molecule has 3 fully saturated rings. The molecule has 0 unspecified atom stereocenters. The number of carbonyl (C=O) groups is 3. The number of hydrogen-bond donors (Lipinski definition) is 2. The zero-order valence-electron chi connectivity index (χ0n) is 24.0. The minimum atomic E-state index is -0.680. The number of amides is 1. The Bertz CT molecular complexity index is 1250. The molecule has 0 aromatic carbocycles. The summed E-state index contributed by atoms with van der Waals surface area (Å²) < 4.78 is 5.43. The van der Waals surface area contributed by atoms with Crippen molar-refractivity contribution in [1.29, 1.82) is 0 Å². The van der Waals surface area contributed by atoms with Gasteiger partial charge in [0.1, 0.15) is 0 Å². The number of allylic oxidation sites excluding steroid dienone is 7. The fourth-order valence-electron chi connectivity index (χ4n) is 9.04. The molecule has 6 heteroatoms. The van der Waals surface area contributed by atoms with E-state index in [0.717, 1.165) is 56.1 Å². The van der Waals surface area contributed by atoms with Crippen molar-refractivity contribution >= 4 is 17.8 Å². The van der Waals surface area contributed by atoms with Crippen LogP contribution >= 0.6 is 0 Å². The van der Waals surface area contributed by atoms with Crippen LogP contribution in [0.2, 0.25) is 0 Å². The number of fused-ring (bicyclic) bond motifs is 7. The quantitative estimate of drug-likeness (QED) is 0.422. The molecular formula is C32H43NO5. The maximum atomic E-state index is 13.3. The average molecular weight is 522 g/mol. The van der Waals surface area contributed by atoms with E-state index in [0.29, 0.717) is 18.0 Å². The monoisotopic (exact) mass is 521 g/mol. The topological polar surface area (TPSA) is 92.7 Å². The molecule has 3 saturated carbocycles. The van der Waals surface area contributed by atoms with Crippen LogP contribution in [-0.4, -0.2) is 29.5 Å². The van der Waals surface area contributed by atoms with E-state index in [1.54, 1.807) is 13.0 Å². The molecule has 6 atom stereocenters. The summed E-state index contributed by atoms with van der Waals surface area (Å²) in [5.74, 6) is -0.510. The van der Waals surface area contributed by atoms with Gasteiger partial charge in [0.25, 0.3) is 0 Å².